The largest absolute Gasteiger partial charge is 0.380 e. The SMILES string of the molecule is CO[C@@H]1C[C@H](CNC(=O)c2cnn3ccccc23)N(c2ccncn2)C1. The molecule has 0 unspecified atom stereocenters. The van der Waals surface area contributed by atoms with E-state index < -0.39 is 0 Å². The fraction of sp³-hybridized carbons (Fsp3) is 0.333. The number of carbonyl (C=O) groups is 1. The summed E-state index contributed by atoms with van der Waals surface area (Å²) < 4.78 is 7.21. The Morgan fingerprint density at radius 2 is 2.31 bits per heavy atom. The third-order valence-electron chi connectivity index (χ3n) is 4.74. The number of hydrogen-bond donors (Lipinski definition) is 1. The molecule has 4 heterocycles. The van der Waals surface area contributed by atoms with Crippen LogP contribution >= 0.6 is 0 Å². The van der Waals surface area contributed by atoms with E-state index in [4.69, 9.17) is 4.74 Å². The molecule has 2 atom stereocenters. The minimum Gasteiger partial charge on any atom is -0.380 e. The summed E-state index contributed by atoms with van der Waals surface area (Å²) in [5.41, 5.74) is 1.36. The Hall–Kier alpha value is -3.00. The summed E-state index contributed by atoms with van der Waals surface area (Å²) in [6.07, 6.45) is 7.61. The van der Waals surface area contributed by atoms with Crippen molar-refractivity contribution in [2.24, 2.45) is 0 Å². The van der Waals surface area contributed by atoms with Crippen LogP contribution < -0.4 is 10.2 Å². The van der Waals surface area contributed by atoms with Gasteiger partial charge in [-0.05, 0) is 24.6 Å². The van der Waals surface area contributed by atoms with Gasteiger partial charge in [-0.1, -0.05) is 6.07 Å². The predicted molar refractivity (Wildman–Crippen MR) is 96.1 cm³/mol. The predicted octanol–water partition coefficient (Wildman–Crippen LogP) is 1.15. The van der Waals surface area contributed by atoms with Gasteiger partial charge in [-0.3, -0.25) is 4.79 Å². The summed E-state index contributed by atoms with van der Waals surface area (Å²) in [7, 11) is 1.71. The van der Waals surface area contributed by atoms with Crippen molar-refractivity contribution in [2.45, 2.75) is 18.6 Å². The number of carbonyl (C=O) groups excluding carboxylic acids is 1. The van der Waals surface area contributed by atoms with Gasteiger partial charge in [0.05, 0.1) is 29.4 Å². The second kappa shape index (κ2) is 7.09. The maximum absolute atomic E-state index is 12.6. The zero-order valence-corrected chi connectivity index (χ0v) is 14.4. The fourth-order valence-electron chi connectivity index (χ4n) is 3.39. The van der Waals surface area contributed by atoms with Crippen molar-refractivity contribution in [2.75, 3.05) is 25.1 Å². The number of hydrogen-bond acceptors (Lipinski definition) is 6. The van der Waals surface area contributed by atoms with Crippen LogP contribution in [0.2, 0.25) is 0 Å². The molecule has 0 aliphatic carbocycles. The van der Waals surface area contributed by atoms with Crippen LogP contribution in [0.3, 0.4) is 0 Å². The number of rotatable bonds is 5. The minimum absolute atomic E-state index is 0.112. The van der Waals surface area contributed by atoms with E-state index in [1.165, 1.54) is 6.33 Å². The number of methoxy groups -OCH3 is 1. The highest BCUT2D eigenvalue weighted by molar-refractivity contribution is 6.00. The Labute approximate surface area is 150 Å². The van der Waals surface area contributed by atoms with Crippen LogP contribution in [0.4, 0.5) is 5.82 Å². The molecule has 1 aliphatic rings. The van der Waals surface area contributed by atoms with Crippen LogP contribution in [0, 0.1) is 0 Å². The summed E-state index contributed by atoms with van der Waals surface area (Å²) in [6, 6.07) is 7.64. The zero-order valence-electron chi connectivity index (χ0n) is 14.4. The van der Waals surface area contributed by atoms with Crippen molar-refractivity contribution in [1.29, 1.82) is 0 Å². The first-order chi connectivity index (χ1) is 12.8. The van der Waals surface area contributed by atoms with E-state index in [1.807, 2.05) is 30.5 Å². The van der Waals surface area contributed by atoms with Crippen LogP contribution in [0.25, 0.3) is 5.52 Å². The summed E-state index contributed by atoms with van der Waals surface area (Å²) in [5.74, 6) is 0.712. The number of nitrogens with one attached hydrogen (secondary N) is 1. The Kier molecular flexibility index (Phi) is 4.49. The van der Waals surface area contributed by atoms with Gasteiger partial charge in [0.2, 0.25) is 0 Å². The van der Waals surface area contributed by atoms with E-state index in [0.29, 0.717) is 12.1 Å². The zero-order chi connectivity index (χ0) is 17.9. The van der Waals surface area contributed by atoms with E-state index in [9.17, 15) is 4.79 Å². The van der Waals surface area contributed by atoms with Crippen LogP contribution in [0.15, 0.2) is 49.2 Å². The van der Waals surface area contributed by atoms with Crippen LogP contribution in [0.5, 0.6) is 0 Å². The average Bonchev–Trinajstić information content (AvgIpc) is 3.31. The van der Waals surface area contributed by atoms with Crippen molar-refractivity contribution < 1.29 is 9.53 Å². The van der Waals surface area contributed by atoms with Crippen molar-refractivity contribution in [3.05, 3.63) is 54.7 Å². The molecule has 4 rings (SSSR count). The van der Waals surface area contributed by atoms with Gasteiger partial charge in [-0.25, -0.2) is 14.5 Å². The highest BCUT2D eigenvalue weighted by atomic mass is 16.5. The summed E-state index contributed by atoms with van der Waals surface area (Å²) in [4.78, 5) is 23.1. The molecule has 0 spiro atoms. The van der Waals surface area contributed by atoms with E-state index in [2.05, 4.69) is 25.3 Å². The normalized spacial score (nSPS) is 19.8. The summed E-state index contributed by atoms with van der Waals surface area (Å²) in [6.45, 7) is 1.25. The summed E-state index contributed by atoms with van der Waals surface area (Å²) in [5, 5.41) is 7.25. The van der Waals surface area contributed by atoms with Gasteiger partial charge in [0.1, 0.15) is 12.1 Å². The Balaban J connectivity index is 1.48. The number of nitrogens with zero attached hydrogens (tertiary/aromatic N) is 5. The van der Waals surface area contributed by atoms with Crippen LogP contribution in [-0.2, 0) is 4.74 Å². The van der Waals surface area contributed by atoms with E-state index in [0.717, 1.165) is 24.3 Å². The molecule has 1 aliphatic heterocycles. The van der Waals surface area contributed by atoms with Crippen molar-refractivity contribution in [1.82, 2.24) is 24.9 Å². The van der Waals surface area contributed by atoms with Crippen LogP contribution in [0.1, 0.15) is 16.8 Å². The van der Waals surface area contributed by atoms with Gasteiger partial charge < -0.3 is 15.0 Å². The molecule has 1 amide bonds. The Bertz CT molecular complexity index is 897. The van der Waals surface area contributed by atoms with Gasteiger partial charge in [-0.2, -0.15) is 5.10 Å². The molecule has 1 N–H and O–H groups in total. The van der Waals surface area contributed by atoms with E-state index >= 15 is 0 Å². The van der Waals surface area contributed by atoms with Crippen molar-refractivity contribution in [3.63, 3.8) is 0 Å². The molecule has 1 fully saturated rings. The van der Waals surface area contributed by atoms with E-state index in [1.54, 1.807) is 24.0 Å². The number of anilines is 1. The average molecular weight is 352 g/mol. The maximum atomic E-state index is 12.6. The molecule has 0 bridgehead atoms. The second-order valence-corrected chi connectivity index (χ2v) is 6.27. The first-order valence-electron chi connectivity index (χ1n) is 8.52. The molecule has 0 saturated carbocycles. The lowest BCUT2D eigenvalue weighted by atomic mass is 10.2. The fourth-order valence-corrected chi connectivity index (χ4v) is 3.39. The lowest BCUT2D eigenvalue weighted by molar-refractivity contribution is 0.0948. The van der Waals surface area contributed by atoms with Crippen LogP contribution in [-0.4, -0.2) is 57.8 Å². The van der Waals surface area contributed by atoms with Crippen molar-refractivity contribution in [3.8, 4) is 0 Å². The molecule has 1 saturated heterocycles. The molecule has 0 radical (unpaired) electrons. The number of amides is 1. The van der Waals surface area contributed by atoms with Gasteiger partial charge in [0.25, 0.3) is 5.91 Å². The highest BCUT2D eigenvalue weighted by Gasteiger charge is 2.33. The number of aromatic nitrogens is 4. The second-order valence-electron chi connectivity index (χ2n) is 6.27. The molecule has 3 aromatic heterocycles. The third-order valence-corrected chi connectivity index (χ3v) is 4.74. The molecule has 26 heavy (non-hydrogen) atoms. The molecular formula is C18H20N6O2. The molecular weight excluding hydrogens is 332 g/mol. The number of pyridine rings is 1. The molecule has 0 aromatic carbocycles. The molecule has 3 aromatic rings. The lowest BCUT2D eigenvalue weighted by Crippen LogP contribution is -2.40. The molecule has 8 heteroatoms. The van der Waals surface area contributed by atoms with Gasteiger partial charge in [0.15, 0.2) is 0 Å². The first-order valence-corrected chi connectivity index (χ1v) is 8.52. The van der Waals surface area contributed by atoms with Gasteiger partial charge in [-0.15, -0.1) is 0 Å². The maximum Gasteiger partial charge on any atom is 0.255 e. The Morgan fingerprint density at radius 1 is 1.38 bits per heavy atom. The summed E-state index contributed by atoms with van der Waals surface area (Å²) >= 11 is 0. The standard InChI is InChI=1S/C18H20N6O2/c1-26-14-8-13(23(11-14)17-5-6-19-12-21-17)9-20-18(25)15-10-22-24-7-3-2-4-16(15)24/h2-7,10,12-14H,8-9,11H2,1H3,(H,20,25)/t13-,14-/m1/s1. The molecule has 134 valence electrons. The van der Waals surface area contributed by atoms with Crippen molar-refractivity contribution >= 4 is 17.2 Å². The smallest absolute Gasteiger partial charge is 0.255 e. The van der Waals surface area contributed by atoms with E-state index in [-0.39, 0.29) is 18.1 Å². The first kappa shape index (κ1) is 16.5. The van der Waals surface area contributed by atoms with Gasteiger partial charge >= 0.3 is 0 Å². The Morgan fingerprint density at radius 3 is 3.12 bits per heavy atom. The quantitative estimate of drug-likeness (QED) is 0.741. The molecule has 8 nitrogen and oxygen atoms in total. The topological polar surface area (TPSA) is 84.6 Å². The monoisotopic (exact) mass is 352 g/mol. The third kappa shape index (κ3) is 3.11. The highest BCUT2D eigenvalue weighted by Crippen LogP contribution is 2.24. The number of ether oxygens (including phenoxy) is 1. The number of fused-ring (bicyclic) bond motifs is 1. The minimum atomic E-state index is -0.130. The van der Waals surface area contributed by atoms with Gasteiger partial charge in [0, 0.05) is 32.6 Å². The lowest BCUT2D eigenvalue weighted by Gasteiger charge is -2.25.